The fourth-order valence-corrected chi connectivity index (χ4v) is 6.67. The molecule has 0 spiro atoms. The van der Waals surface area contributed by atoms with Gasteiger partial charge in [0, 0.05) is 11.3 Å². The highest BCUT2D eigenvalue weighted by Crippen LogP contribution is 2.65. The van der Waals surface area contributed by atoms with Crippen LogP contribution in [0.2, 0.25) is 0 Å². The first-order valence-electron chi connectivity index (χ1n) is 9.59. The van der Waals surface area contributed by atoms with Crippen molar-refractivity contribution in [2.24, 2.45) is 34.5 Å². The van der Waals surface area contributed by atoms with Crippen molar-refractivity contribution in [3.05, 3.63) is 35.5 Å². The molecule has 4 aliphatic rings. The van der Waals surface area contributed by atoms with Crippen molar-refractivity contribution < 1.29 is 14.7 Å². The third-order valence-electron chi connectivity index (χ3n) is 7.79. The van der Waals surface area contributed by atoms with E-state index >= 15 is 0 Å². The molecular formula is C22H28O3. The Morgan fingerprint density at radius 1 is 1.36 bits per heavy atom. The van der Waals surface area contributed by atoms with Gasteiger partial charge >= 0.3 is 0 Å². The molecule has 0 amide bonds. The summed E-state index contributed by atoms with van der Waals surface area (Å²) in [6.07, 6.45) is 12.0. The van der Waals surface area contributed by atoms with Crippen LogP contribution in [0.3, 0.4) is 0 Å². The van der Waals surface area contributed by atoms with Crippen LogP contribution in [0.25, 0.3) is 0 Å². The number of hydrogen-bond donors (Lipinski definition) is 1. The lowest BCUT2D eigenvalue weighted by Crippen LogP contribution is -2.45. The maximum atomic E-state index is 12.4. The van der Waals surface area contributed by atoms with E-state index in [1.165, 1.54) is 11.1 Å². The summed E-state index contributed by atoms with van der Waals surface area (Å²) in [5, 5.41) is 9.46. The molecular weight excluding hydrogens is 312 g/mol. The minimum atomic E-state index is -0.339. The number of allylic oxidation sites excluding steroid dienone is 6. The van der Waals surface area contributed by atoms with Crippen LogP contribution in [0, 0.1) is 34.5 Å². The number of aliphatic hydroxyl groups is 1. The summed E-state index contributed by atoms with van der Waals surface area (Å²) in [4.78, 5) is 24.2. The van der Waals surface area contributed by atoms with Crippen LogP contribution >= 0.6 is 0 Å². The number of rotatable bonds is 2. The standard InChI is InChI=1S/C22H28O3/c1-13-10-18-16-5-4-14-11-15(24)6-8-21(14,2)17(16)7-9-22(18,3)20(13)19(25)12-23/h6-8,11,13,16,18,20,23H,4-5,9-10,12H2,1-3H3/t13-,16-,18?,20?,21?,22?/m1/s1. The van der Waals surface area contributed by atoms with E-state index < -0.39 is 0 Å². The highest BCUT2D eigenvalue weighted by Gasteiger charge is 2.59. The first-order chi connectivity index (χ1) is 11.8. The molecule has 0 aromatic heterocycles. The Hall–Kier alpha value is -1.48. The van der Waals surface area contributed by atoms with E-state index in [0.717, 1.165) is 25.7 Å². The van der Waals surface area contributed by atoms with Crippen molar-refractivity contribution in [2.75, 3.05) is 6.61 Å². The van der Waals surface area contributed by atoms with Crippen LogP contribution in [0.1, 0.15) is 46.5 Å². The lowest BCUT2D eigenvalue weighted by molar-refractivity contribution is -0.131. The van der Waals surface area contributed by atoms with Gasteiger partial charge in [0.15, 0.2) is 11.6 Å². The third-order valence-corrected chi connectivity index (χ3v) is 7.79. The molecule has 0 aliphatic heterocycles. The molecule has 2 fully saturated rings. The lowest BCUT2D eigenvalue weighted by Gasteiger charge is -2.52. The van der Waals surface area contributed by atoms with Gasteiger partial charge in [0.25, 0.3) is 0 Å². The van der Waals surface area contributed by atoms with Crippen molar-refractivity contribution in [3.63, 3.8) is 0 Å². The van der Waals surface area contributed by atoms with Gasteiger partial charge in [-0.15, -0.1) is 0 Å². The summed E-state index contributed by atoms with van der Waals surface area (Å²) in [7, 11) is 0. The van der Waals surface area contributed by atoms with Gasteiger partial charge in [-0.2, -0.15) is 0 Å². The van der Waals surface area contributed by atoms with Crippen molar-refractivity contribution in [3.8, 4) is 0 Å². The van der Waals surface area contributed by atoms with Gasteiger partial charge in [-0.3, -0.25) is 9.59 Å². The van der Waals surface area contributed by atoms with Gasteiger partial charge in [0.2, 0.25) is 0 Å². The molecule has 3 nitrogen and oxygen atoms in total. The monoisotopic (exact) mass is 340 g/mol. The zero-order valence-corrected chi connectivity index (χ0v) is 15.4. The number of carbonyl (C=O) groups excluding carboxylic acids is 2. The third kappa shape index (κ3) is 2.21. The van der Waals surface area contributed by atoms with E-state index in [0.29, 0.717) is 17.8 Å². The number of aliphatic hydroxyl groups excluding tert-OH is 1. The molecule has 134 valence electrons. The second-order valence-corrected chi connectivity index (χ2v) is 9.04. The average Bonchev–Trinajstić information content (AvgIpc) is 2.85. The maximum absolute atomic E-state index is 12.4. The van der Waals surface area contributed by atoms with Crippen molar-refractivity contribution in [1.82, 2.24) is 0 Å². The van der Waals surface area contributed by atoms with Crippen LogP contribution in [0.5, 0.6) is 0 Å². The number of Topliss-reactive ketones (excluding diaryl/α,β-unsaturated/α-hetero) is 1. The Bertz CT molecular complexity index is 728. The molecule has 3 heteroatoms. The molecule has 4 aliphatic carbocycles. The highest BCUT2D eigenvalue weighted by molar-refractivity contribution is 6.01. The molecule has 1 N–H and O–H groups in total. The second kappa shape index (κ2) is 5.51. The quantitative estimate of drug-likeness (QED) is 0.781. The molecule has 0 bridgehead atoms. The van der Waals surface area contributed by atoms with Crippen molar-refractivity contribution >= 4 is 11.6 Å². The average molecular weight is 340 g/mol. The van der Waals surface area contributed by atoms with Crippen molar-refractivity contribution in [1.29, 1.82) is 0 Å². The molecule has 0 radical (unpaired) electrons. The Morgan fingerprint density at radius 3 is 2.84 bits per heavy atom. The van der Waals surface area contributed by atoms with E-state index in [2.05, 4.69) is 32.9 Å². The first-order valence-corrected chi connectivity index (χ1v) is 9.59. The van der Waals surface area contributed by atoms with Gasteiger partial charge in [0.05, 0.1) is 0 Å². The van der Waals surface area contributed by atoms with Gasteiger partial charge in [-0.05, 0) is 67.9 Å². The van der Waals surface area contributed by atoms with E-state index in [1.54, 1.807) is 6.08 Å². The predicted molar refractivity (Wildman–Crippen MR) is 96.7 cm³/mol. The predicted octanol–water partition coefficient (Wildman–Crippen LogP) is 3.64. The lowest BCUT2D eigenvalue weighted by atomic mass is 9.52. The Kier molecular flexibility index (Phi) is 3.74. The van der Waals surface area contributed by atoms with E-state index in [9.17, 15) is 14.7 Å². The molecule has 0 aromatic rings. The molecule has 0 aromatic carbocycles. The van der Waals surface area contributed by atoms with Gasteiger partial charge in [-0.25, -0.2) is 0 Å². The molecule has 6 atom stereocenters. The zero-order chi connectivity index (χ0) is 18.0. The second-order valence-electron chi connectivity index (χ2n) is 9.04. The Balaban J connectivity index is 1.75. The minimum absolute atomic E-state index is 0.0140. The van der Waals surface area contributed by atoms with Crippen molar-refractivity contribution in [2.45, 2.75) is 46.5 Å². The molecule has 0 saturated heterocycles. The summed E-state index contributed by atoms with van der Waals surface area (Å²) in [5.41, 5.74) is 2.54. The topological polar surface area (TPSA) is 54.4 Å². The van der Waals surface area contributed by atoms with E-state index in [1.807, 2.05) is 6.08 Å². The number of carbonyl (C=O) groups is 2. The zero-order valence-electron chi connectivity index (χ0n) is 15.4. The molecule has 0 heterocycles. The smallest absolute Gasteiger partial charge is 0.178 e. The normalized spacial score (nSPS) is 45.2. The minimum Gasteiger partial charge on any atom is -0.389 e. The number of hydrogen-bond acceptors (Lipinski definition) is 3. The van der Waals surface area contributed by atoms with Crippen LogP contribution in [0.4, 0.5) is 0 Å². The summed E-state index contributed by atoms with van der Waals surface area (Å²) < 4.78 is 0. The van der Waals surface area contributed by atoms with E-state index in [-0.39, 0.29) is 34.9 Å². The summed E-state index contributed by atoms with van der Waals surface area (Å²) in [5.74, 6) is 1.39. The highest BCUT2D eigenvalue weighted by atomic mass is 16.3. The summed E-state index contributed by atoms with van der Waals surface area (Å²) in [6, 6.07) is 0. The maximum Gasteiger partial charge on any atom is 0.178 e. The van der Waals surface area contributed by atoms with Crippen LogP contribution in [0.15, 0.2) is 35.5 Å². The molecule has 25 heavy (non-hydrogen) atoms. The largest absolute Gasteiger partial charge is 0.389 e. The van der Waals surface area contributed by atoms with E-state index in [4.69, 9.17) is 0 Å². The number of ketones is 2. The van der Waals surface area contributed by atoms with Crippen LogP contribution in [-0.2, 0) is 9.59 Å². The van der Waals surface area contributed by atoms with Gasteiger partial charge in [-0.1, -0.05) is 37.1 Å². The summed E-state index contributed by atoms with van der Waals surface area (Å²) >= 11 is 0. The molecule has 2 saturated carbocycles. The fourth-order valence-electron chi connectivity index (χ4n) is 6.67. The Morgan fingerprint density at radius 2 is 2.12 bits per heavy atom. The van der Waals surface area contributed by atoms with Crippen LogP contribution in [-0.4, -0.2) is 23.3 Å². The number of fused-ring (bicyclic) bond motifs is 5. The fraction of sp³-hybridized carbons (Fsp3) is 0.636. The summed E-state index contributed by atoms with van der Waals surface area (Å²) in [6.45, 7) is 6.35. The Labute approximate surface area is 149 Å². The van der Waals surface area contributed by atoms with Gasteiger partial charge in [0.1, 0.15) is 6.61 Å². The molecule has 4 unspecified atom stereocenters. The SMILES string of the molecule is C[C@@H]1CC2[C@@H]3CCC4=CC(=O)C=CC4(C)C3=CCC2(C)C1C(=O)CO. The first kappa shape index (κ1) is 17.0. The van der Waals surface area contributed by atoms with Gasteiger partial charge < -0.3 is 5.11 Å². The van der Waals surface area contributed by atoms with Crippen LogP contribution < -0.4 is 0 Å². The molecule has 4 rings (SSSR count).